The summed E-state index contributed by atoms with van der Waals surface area (Å²) in [5.74, 6) is 2.29. The Bertz CT molecular complexity index is 483. The van der Waals surface area contributed by atoms with Gasteiger partial charge in [-0.2, -0.15) is 0 Å². The first-order valence-corrected chi connectivity index (χ1v) is 7.76. The molecule has 2 rings (SSSR count). The van der Waals surface area contributed by atoms with E-state index < -0.39 is 0 Å². The number of rotatable bonds is 4. The first kappa shape index (κ1) is 15.1. The van der Waals surface area contributed by atoms with Crippen molar-refractivity contribution in [3.8, 4) is 0 Å². The molecular formula is C17H27NO2. The summed E-state index contributed by atoms with van der Waals surface area (Å²) in [4.78, 5) is 12.4. The van der Waals surface area contributed by atoms with Crippen molar-refractivity contribution in [3.63, 3.8) is 0 Å². The highest BCUT2D eigenvalue weighted by Gasteiger charge is 2.36. The minimum Gasteiger partial charge on any atom is -0.466 e. The number of carbonyl (C=O) groups excluding carboxylic acids is 1. The third-order valence-corrected chi connectivity index (χ3v) is 4.41. The molecule has 1 heterocycles. The molecule has 1 amide bonds. The smallest absolute Gasteiger partial charge is 0.223 e. The fraction of sp³-hybridized carbons (Fsp3) is 0.706. The van der Waals surface area contributed by atoms with Gasteiger partial charge in [0.2, 0.25) is 5.91 Å². The minimum absolute atomic E-state index is 0.0966. The van der Waals surface area contributed by atoms with E-state index in [9.17, 15) is 4.79 Å². The molecule has 0 aliphatic heterocycles. The minimum atomic E-state index is 0.0966. The fourth-order valence-corrected chi connectivity index (χ4v) is 3.26. The monoisotopic (exact) mass is 277 g/mol. The van der Waals surface area contributed by atoms with Crippen molar-refractivity contribution < 1.29 is 9.21 Å². The predicted molar refractivity (Wildman–Crippen MR) is 80.5 cm³/mol. The summed E-state index contributed by atoms with van der Waals surface area (Å²) >= 11 is 0. The van der Waals surface area contributed by atoms with Crippen LogP contribution in [-0.4, -0.2) is 5.91 Å². The maximum absolute atomic E-state index is 12.4. The largest absolute Gasteiger partial charge is 0.466 e. The highest BCUT2D eigenvalue weighted by atomic mass is 16.3. The van der Waals surface area contributed by atoms with E-state index in [-0.39, 0.29) is 23.3 Å². The molecule has 0 fully saturated rings. The molecular weight excluding hydrogens is 250 g/mol. The lowest BCUT2D eigenvalue weighted by atomic mass is 9.74. The summed E-state index contributed by atoms with van der Waals surface area (Å²) in [6.07, 6.45) is 3.73. The summed E-state index contributed by atoms with van der Waals surface area (Å²) < 4.78 is 5.82. The molecule has 1 atom stereocenters. The predicted octanol–water partition coefficient (Wildman–Crippen LogP) is 4.15. The van der Waals surface area contributed by atoms with Gasteiger partial charge in [-0.1, -0.05) is 27.7 Å². The molecule has 1 N–H and O–H groups in total. The van der Waals surface area contributed by atoms with Crippen molar-refractivity contribution in [1.82, 2.24) is 5.32 Å². The number of fused-ring (bicyclic) bond motifs is 1. The van der Waals surface area contributed by atoms with Crippen LogP contribution in [0.4, 0.5) is 0 Å². The van der Waals surface area contributed by atoms with Crippen molar-refractivity contribution in [2.24, 2.45) is 11.3 Å². The molecule has 0 saturated carbocycles. The van der Waals surface area contributed by atoms with Crippen molar-refractivity contribution in [2.45, 2.75) is 66.3 Å². The van der Waals surface area contributed by atoms with Gasteiger partial charge >= 0.3 is 0 Å². The lowest BCUT2D eigenvalue weighted by Gasteiger charge is -2.35. The van der Waals surface area contributed by atoms with E-state index in [0.29, 0.717) is 0 Å². The Balaban J connectivity index is 2.21. The van der Waals surface area contributed by atoms with Gasteiger partial charge in [-0.15, -0.1) is 0 Å². The first-order chi connectivity index (χ1) is 9.36. The molecule has 3 nitrogen and oxygen atoms in total. The van der Waals surface area contributed by atoms with E-state index in [2.05, 4.69) is 39.1 Å². The van der Waals surface area contributed by atoms with Crippen LogP contribution in [0.5, 0.6) is 0 Å². The highest BCUT2D eigenvalue weighted by Crippen LogP contribution is 2.42. The molecule has 1 aromatic rings. The molecule has 20 heavy (non-hydrogen) atoms. The molecule has 0 spiro atoms. The summed E-state index contributed by atoms with van der Waals surface area (Å²) in [7, 11) is 0. The Morgan fingerprint density at radius 3 is 2.70 bits per heavy atom. The summed E-state index contributed by atoms with van der Waals surface area (Å²) in [5.41, 5.74) is 1.35. The van der Waals surface area contributed by atoms with Gasteiger partial charge in [0.05, 0.1) is 6.04 Å². The van der Waals surface area contributed by atoms with Crippen molar-refractivity contribution in [3.05, 3.63) is 23.2 Å². The van der Waals surface area contributed by atoms with Gasteiger partial charge < -0.3 is 9.73 Å². The molecule has 0 aromatic carbocycles. The van der Waals surface area contributed by atoms with Crippen molar-refractivity contribution >= 4 is 5.91 Å². The second kappa shape index (κ2) is 5.63. The normalized spacial score (nSPS) is 20.8. The van der Waals surface area contributed by atoms with Crippen LogP contribution >= 0.6 is 0 Å². The molecule has 112 valence electrons. The second-order valence-corrected chi connectivity index (χ2v) is 6.86. The lowest BCUT2D eigenvalue weighted by molar-refractivity contribution is -0.126. The molecule has 3 heteroatoms. The van der Waals surface area contributed by atoms with Gasteiger partial charge in [0, 0.05) is 17.9 Å². The highest BCUT2D eigenvalue weighted by molar-refractivity contribution is 5.79. The van der Waals surface area contributed by atoms with Crippen LogP contribution in [0, 0.1) is 18.3 Å². The van der Waals surface area contributed by atoms with Gasteiger partial charge in [0.15, 0.2) is 0 Å². The van der Waals surface area contributed by atoms with Crippen LogP contribution in [0.3, 0.4) is 0 Å². The van der Waals surface area contributed by atoms with Crippen molar-refractivity contribution in [2.75, 3.05) is 0 Å². The van der Waals surface area contributed by atoms with Gasteiger partial charge in [-0.05, 0) is 37.7 Å². The fourth-order valence-electron chi connectivity index (χ4n) is 3.26. The second-order valence-electron chi connectivity index (χ2n) is 6.86. The number of carbonyl (C=O) groups is 1. The number of nitrogens with one attached hydrogen (secondary N) is 1. The molecule has 0 radical (unpaired) electrons. The zero-order valence-electron chi connectivity index (χ0n) is 13.4. The van der Waals surface area contributed by atoms with Crippen LogP contribution in [0.1, 0.15) is 70.1 Å². The van der Waals surface area contributed by atoms with E-state index in [4.69, 9.17) is 4.42 Å². The van der Waals surface area contributed by atoms with E-state index >= 15 is 0 Å². The first-order valence-electron chi connectivity index (χ1n) is 7.76. The number of amides is 1. The SMILES string of the molecule is CCC(CC)C(=O)N[C@H]1CC(C)(C)Cc2oc(C)cc21. The lowest BCUT2D eigenvalue weighted by Crippen LogP contribution is -2.38. The average Bonchev–Trinajstić information content (AvgIpc) is 2.69. The standard InChI is InChI=1S/C17H27NO2/c1-6-12(7-2)16(19)18-14-9-17(4,5)10-15-13(14)8-11(3)20-15/h8,12,14H,6-7,9-10H2,1-5H3,(H,18,19)/t14-/m0/s1. The molecule has 0 unspecified atom stereocenters. The molecule has 1 aliphatic carbocycles. The van der Waals surface area contributed by atoms with E-state index in [1.54, 1.807) is 0 Å². The number of hydrogen-bond donors (Lipinski definition) is 1. The molecule has 1 aliphatic rings. The van der Waals surface area contributed by atoms with Gasteiger partial charge in [-0.3, -0.25) is 4.79 Å². The van der Waals surface area contributed by atoms with Crippen LogP contribution in [-0.2, 0) is 11.2 Å². The van der Waals surface area contributed by atoms with E-state index in [1.165, 1.54) is 5.56 Å². The molecule has 0 bridgehead atoms. The zero-order chi connectivity index (χ0) is 14.9. The van der Waals surface area contributed by atoms with E-state index in [1.807, 2.05) is 6.92 Å². The van der Waals surface area contributed by atoms with Crippen LogP contribution in [0.25, 0.3) is 0 Å². The summed E-state index contributed by atoms with van der Waals surface area (Å²) in [6, 6.07) is 2.18. The van der Waals surface area contributed by atoms with Gasteiger partial charge in [0.25, 0.3) is 0 Å². The average molecular weight is 277 g/mol. The summed E-state index contributed by atoms with van der Waals surface area (Å²) in [6.45, 7) is 10.6. The maximum Gasteiger partial charge on any atom is 0.223 e. The Labute approximate surface area is 122 Å². The summed E-state index contributed by atoms with van der Waals surface area (Å²) in [5, 5.41) is 3.25. The molecule has 1 aromatic heterocycles. The Hall–Kier alpha value is -1.25. The quantitative estimate of drug-likeness (QED) is 0.898. The van der Waals surface area contributed by atoms with Crippen LogP contribution in [0.15, 0.2) is 10.5 Å². The third kappa shape index (κ3) is 3.08. The zero-order valence-corrected chi connectivity index (χ0v) is 13.4. The number of furan rings is 1. The Morgan fingerprint density at radius 2 is 2.10 bits per heavy atom. The van der Waals surface area contributed by atoms with Crippen LogP contribution in [0.2, 0.25) is 0 Å². The Kier molecular flexibility index (Phi) is 4.26. The maximum atomic E-state index is 12.4. The van der Waals surface area contributed by atoms with Crippen LogP contribution < -0.4 is 5.32 Å². The topological polar surface area (TPSA) is 42.2 Å². The molecule has 0 saturated heterocycles. The number of hydrogen-bond acceptors (Lipinski definition) is 2. The Morgan fingerprint density at radius 1 is 1.45 bits per heavy atom. The van der Waals surface area contributed by atoms with Crippen molar-refractivity contribution in [1.29, 1.82) is 0 Å². The van der Waals surface area contributed by atoms with Gasteiger partial charge in [-0.25, -0.2) is 0 Å². The van der Waals surface area contributed by atoms with E-state index in [0.717, 1.165) is 37.2 Å². The third-order valence-electron chi connectivity index (χ3n) is 4.41. The number of aryl methyl sites for hydroxylation is 1. The van der Waals surface area contributed by atoms with Gasteiger partial charge in [0.1, 0.15) is 11.5 Å².